The zero-order chi connectivity index (χ0) is 36.5. The Morgan fingerprint density at radius 2 is 1.73 bits per heavy atom. The van der Waals surface area contributed by atoms with Crippen molar-refractivity contribution >= 4 is 23.5 Å². The molecule has 0 amide bonds. The van der Waals surface area contributed by atoms with Crippen molar-refractivity contribution in [3.05, 3.63) is 36.5 Å². The van der Waals surface area contributed by atoms with E-state index in [1.807, 2.05) is 6.08 Å². The van der Waals surface area contributed by atoms with Gasteiger partial charge in [0.15, 0.2) is 0 Å². The highest BCUT2D eigenvalue weighted by molar-refractivity contribution is 7.09. The van der Waals surface area contributed by atoms with Crippen LogP contribution in [0.3, 0.4) is 0 Å². The molecular weight excluding hydrogens is 654 g/mol. The molecule has 0 aromatic carbocycles. The zero-order valence-corrected chi connectivity index (χ0v) is 34.2. The summed E-state index contributed by atoms with van der Waals surface area (Å²) < 4.78 is 28.9. The minimum atomic E-state index is -0.0255. The number of allylic oxidation sites excluding steroid dienone is 2. The summed E-state index contributed by atoms with van der Waals surface area (Å²) in [6.45, 7) is 13.3. The smallest absolute Gasteiger partial charge is 0.306 e. The van der Waals surface area contributed by atoms with Gasteiger partial charge in [0.1, 0.15) is 6.10 Å². The summed E-state index contributed by atoms with van der Waals surface area (Å²) in [5.74, 6) is 2.22. The normalized spacial score (nSPS) is 31.4. The first-order chi connectivity index (χ1) is 24.8. The van der Waals surface area contributed by atoms with Crippen molar-refractivity contribution in [1.29, 1.82) is 0 Å². The first kappa shape index (κ1) is 42.8. The summed E-state index contributed by atoms with van der Waals surface area (Å²) in [5.41, 5.74) is 2.08. The van der Waals surface area contributed by atoms with Gasteiger partial charge in [-0.2, -0.15) is 0 Å². The van der Waals surface area contributed by atoms with Crippen LogP contribution in [0.15, 0.2) is 36.5 Å². The van der Waals surface area contributed by atoms with Crippen LogP contribution in [0.25, 0.3) is 0 Å². The molecule has 4 aliphatic carbocycles. The molecule has 3 saturated carbocycles. The molecule has 3 fully saturated rings. The van der Waals surface area contributed by atoms with Crippen molar-refractivity contribution in [3.63, 3.8) is 0 Å². The third-order valence-electron chi connectivity index (χ3n) is 13.5. The molecule has 10 atom stereocenters. The number of fused-ring (bicyclic) bond motifs is 5. The number of hydrogen-bond acceptors (Lipinski definition) is 6. The summed E-state index contributed by atoms with van der Waals surface area (Å²) in [6, 6.07) is 0. The van der Waals surface area contributed by atoms with Gasteiger partial charge in [0.05, 0.1) is 31.5 Å². The molecule has 0 aromatic heterocycles. The fourth-order valence-electron chi connectivity index (χ4n) is 10.3. The maximum Gasteiger partial charge on any atom is 0.306 e. The molecule has 290 valence electrons. The molecule has 6 nitrogen and oxygen atoms in total. The molecule has 0 N–H and O–H groups in total. The van der Waals surface area contributed by atoms with Crippen LogP contribution in [-0.2, 0) is 28.2 Å². The second-order valence-electron chi connectivity index (χ2n) is 16.8. The number of unbranched alkanes of at least 4 members (excludes halogenated alkanes) is 10. The van der Waals surface area contributed by atoms with Crippen molar-refractivity contribution in [2.24, 2.45) is 28.6 Å². The Morgan fingerprint density at radius 3 is 2.47 bits per heavy atom. The number of hydrogen-bond donors (Lipinski definition) is 0. The Kier molecular flexibility index (Phi) is 18.8. The minimum absolute atomic E-state index is 0.0115. The van der Waals surface area contributed by atoms with Crippen molar-refractivity contribution < 1.29 is 28.2 Å². The van der Waals surface area contributed by atoms with E-state index in [1.54, 1.807) is 13.6 Å². The van der Waals surface area contributed by atoms with Gasteiger partial charge in [-0.05, 0) is 100 Å². The largest absolute Gasteiger partial charge is 0.462 e. The fraction of sp³-hybridized carbons (Fsp3) is 0.837. The molecular formula is C43H74BO6P. The lowest BCUT2D eigenvalue weighted by Gasteiger charge is -2.58. The third kappa shape index (κ3) is 12.3. The molecule has 0 aliphatic heterocycles. The molecule has 0 saturated heterocycles. The number of rotatable bonds is 25. The Hall–Kier alpha value is -0.975. The highest BCUT2D eigenvalue weighted by Crippen LogP contribution is 2.66. The van der Waals surface area contributed by atoms with Crippen molar-refractivity contribution in [3.8, 4) is 0 Å². The highest BCUT2D eigenvalue weighted by atomic mass is 31.0. The molecule has 4 unspecified atom stereocenters. The average Bonchev–Trinajstić information content (AvgIpc) is 3.46. The second-order valence-corrected chi connectivity index (χ2v) is 17.1. The predicted octanol–water partition coefficient (Wildman–Crippen LogP) is 10.2. The molecule has 0 aromatic rings. The minimum Gasteiger partial charge on any atom is -0.462 e. The van der Waals surface area contributed by atoms with E-state index in [4.69, 9.17) is 23.4 Å². The fourth-order valence-corrected chi connectivity index (χ4v) is 10.5. The summed E-state index contributed by atoms with van der Waals surface area (Å²) in [6.07, 6.45) is 33.8. The van der Waals surface area contributed by atoms with Crippen LogP contribution in [0.1, 0.15) is 156 Å². The van der Waals surface area contributed by atoms with E-state index in [0.29, 0.717) is 25.6 Å². The SMILES string of the molecule is BOC(COP)COCCCCCCCCC/C=C\C(C=C)OC1C=C2CC[C@H]3[C@@H]4CC[C@H](OC(=O)CCCCCC)[C@@]4(C)CC[C@@H]3[C@@]2(C)CC1. The Labute approximate surface area is 315 Å². The molecule has 51 heavy (non-hydrogen) atoms. The average molecular weight is 729 g/mol. The first-order valence-corrected chi connectivity index (χ1v) is 21.5. The Morgan fingerprint density at radius 1 is 0.961 bits per heavy atom. The van der Waals surface area contributed by atoms with E-state index in [-0.39, 0.29) is 41.2 Å². The van der Waals surface area contributed by atoms with E-state index < -0.39 is 0 Å². The molecule has 8 heteroatoms. The summed E-state index contributed by atoms with van der Waals surface area (Å²) in [7, 11) is 3.96. The summed E-state index contributed by atoms with van der Waals surface area (Å²) in [4.78, 5) is 12.8. The summed E-state index contributed by atoms with van der Waals surface area (Å²) >= 11 is 0. The van der Waals surface area contributed by atoms with Crippen LogP contribution in [0.2, 0.25) is 0 Å². The van der Waals surface area contributed by atoms with E-state index in [0.717, 1.165) is 57.0 Å². The maximum atomic E-state index is 12.8. The van der Waals surface area contributed by atoms with Gasteiger partial charge in [-0.15, -0.1) is 6.58 Å². The quantitative estimate of drug-likeness (QED) is 0.0307. The molecule has 0 heterocycles. The van der Waals surface area contributed by atoms with E-state index in [2.05, 4.69) is 55.0 Å². The Bertz CT molecular complexity index is 1100. The maximum absolute atomic E-state index is 12.8. The number of carbonyl (C=O) groups is 1. The topological polar surface area (TPSA) is 63.2 Å². The van der Waals surface area contributed by atoms with Crippen molar-refractivity contribution in [2.75, 3.05) is 19.8 Å². The van der Waals surface area contributed by atoms with Gasteiger partial charge in [-0.1, -0.05) is 102 Å². The summed E-state index contributed by atoms with van der Waals surface area (Å²) in [5, 5.41) is 0. The number of esters is 1. The molecule has 0 radical (unpaired) electrons. The van der Waals surface area contributed by atoms with Crippen LogP contribution in [0.5, 0.6) is 0 Å². The van der Waals surface area contributed by atoms with Crippen molar-refractivity contribution in [1.82, 2.24) is 0 Å². The standard InChI is InChI=1S/C43H74BO6P/c1-5-7-8-17-20-41(45)49-40-24-23-38-37-22-21-33-30-35(25-27-42(33,3)39(37)26-28-43(38,40)4)48-34(6-2)19-16-14-12-10-9-11-13-15-18-29-46-31-36(50-44)32-47-51/h6,16,19,30,34-40H,2,5,7-15,17-18,20-29,31-32,44,51H2,1,3-4H3/b19-16-/t34?,35?,36?,37-,38-,39-,40-,42-,43-/m0/s1. The number of carbonyl (C=O) groups excluding carboxylic acids is 1. The zero-order valence-electron chi connectivity index (χ0n) is 33.1. The molecule has 4 aliphatic rings. The lowest BCUT2D eigenvalue weighted by Crippen LogP contribution is -2.52. The van der Waals surface area contributed by atoms with Gasteiger partial charge in [-0.3, -0.25) is 4.79 Å². The second kappa shape index (κ2) is 22.4. The monoisotopic (exact) mass is 729 g/mol. The van der Waals surface area contributed by atoms with E-state index >= 15 is 0 Å². The molecule has 0 spiro atoms. The van der Waals surface area contributed by atoms with Gasteiger partial charge in [-0.25, -0.2) is 0 Å². The van der Waals surface area contributed by atoms with Gasteiger partial charge >= 0.3 is 5.97 Å². The van der Waals surface area contributed by atoms with Crippen LogP contribution < -0.4 is 0 Å². The van der Waals surface area contributed by atoms with Crippen LogP contribution in [0.4, 0.5) is 0 Å². The van der Waals surface area contributed by atoms with Crippen LogP contribution in [0, 0.1) is 28.6 Å². The predicted molar refractivity (Wildman–Crippen MR) is 215 cm³/mol. The number of ether oxygens (including phenoxy) is 3. The molecule has 0 bridgehead atoms. The lowest BCUT2D eigenvalue weighted by molar-refractivity contribution is -0.160. The third-order valence-corrected chi connectivity index (χ3v) is 13.7. The van der Waals surface area contributed by atoms with Gasteiger partial charge in [0.25, 0.3) is 8.05 Å². The van der Waals surface area contributed by atoms with Crippen LogP contribution >= 0.6 is 9.47 Å². The van der Waals surface area contributed by atoms with E-state index in [1.165, 1.54) is 89.9 Å². The van der Waals surface area contributed by atoms with E-state index in [9.17, 15) is 4.79 Å². The highest BCUT2D eigenvalue weighted by Gasteiger charge is 2.60. The van der Waals surface area contributed by atoms with Gasteiger partial charge in [0.2, 0.25) is 0 Å². The van der Waals surface area contributed by atoms with Crippen LogP contribution in [-0.4, -0.2) is 58.3 Å². The van der Waals surface area contributed by atoms with Gasteiger partial charge < -0.3 is 23.4 Å². The van der Waals surface area contributed by atoms with Gasteiger partial charge in [0, 0.05) is 27.9 Å². The van der Waals surface area contributed by atoms with Crippen molar-refractivity contribution in [2.45, 2.75) is 180 Å². The first-order valence-electron chi connectivity index (χ1n) is 21.1. The Balaban J connectivity index is 1.13. The lowest BCUT2D eigenvalue weighted by atomic mass is 9.47. The molecule has 4 rings (SSSR count).